The molecule has 0 atom stereocenters. The molecule has 18 heteroatoms. The van der Waals surface area contributed by atoms with Crippen LogP contribution in [0.25, 0.3) is 33.4 Å². The van der Waals surface area contributed by atoms with Crippen LogP contribution in [0.4, 0.5) is 20.2 Å². The van der Waals surface area contributed by atoms with Gasteiger partial charge in [0.1, 0.15) is 17.0 Å². The summed E-state index contributed by atoms with van der Waals surface area (Å²) in [6.07, 6.45) is 3.82. The summed E-state index contributed by atoms with van der Waals surface area (Å²) in [4.78, 5) is 47.8. The minimum Gasteiger partial charge on any atom is -0.478 e. The van der Waals surface area contributed by atoms with Gasteiger partial charge in [0.25, 0.3) is 0 Å². The molecule has 0 unspecified atom stereocenters. The van der Waals surface area contributed by atoms with Crippen LogP contribution in [-0.2, 0) is 29.7 Å². The molecular weight excluding hydrogens is 944 g/mol. The third-order valence-corrected chi connectivity index (χ3v) is 10.8. The number of nitrogens with two attached hydrogens (primary N) is 2. The highest BCUT2D eigenvalue weighted by Crippen LogP contribution is 2.49. The smallest absolute Gasteiger partial charge is 0.341 e. The number of hydrogen-bond acceptors (Lipinski definition) is 9. The molecule has 8 rings (SSSR count). The molecule has 1 saturated carbocycles. The molecule has 6 aromatic rings. The van der Waals surface area contributed by atoms with Crippen molar-refractivity contribution in [2.45, 2.75) is 58.0 Å². The molecule has 0 spiro atoms. The largest absolute Gasteiger partial charge is 0.478 e. The highest BCUT2D eigenvalue weighted by Gasteiger charge is 2.48. The number of anilines is 2. The number of carbonyl (C=O) groups excluding carboxylic acids is 2. The van der Waals surface area contributed by atoms with Gasteiger partial charge in [0.05, 0.1) is 52.5 Å². The maximum absolute atomic E-state index is 13.8. The first-order valence-electron chi connectivity index (χ1n) is 19.0. The number of rotatable bonds is 6. The molecule has 3 aromatic carbocycles. The first-order valence-corrected chi connectivity index (χ1v) is 21.9. The van der Waals surface area contributed by atoms with Gasteiger partial charge in [0.2, 0.25) is 11.8 Å². The van der Waals surface area contributed by atoms with Gasteiger partial charge in [-0.25, -0.2) is 28.3 Å². The number of aryl methyl sites for hydroxylation is 2. The molecule has 0 radical (unpaired) electrons. The number of carboxylic acid groups (broad SMARTS) is 1. The number of methoxy groups -OCH3 is 1. The molecule has 5 N–H and O–H groups in total. The molecule has 4 heterocycles. The van der Waals surface area contributed by atoms with E-state index in [0.717, 1.165) is 44.7 Å². The zero-order valence-electron chi connectivity index (χ0n) is 34.1. The van der Waals surface area contributed by atoms with Crippen molar-refractivity contribution in [3.63, 3.8) is 0 Å². The van der Waals surface area contributed by atoms with Gasteiger partial charge in [0.15, 0.2) is 0 Å². The van der Waals surface area contributed by atoms with Crippen LogP contribution in [0, 0.1) is 6.92 Å². The van der Waals surface area contributed by atoms with E-state index in [1.54, 1.807) is 35.1 Å². The molecule has 1 aliphatic heterocycles. The van der Waals surface area contributed by atoms with Crippen molar-refractivity contribution < 1.29 is 33.0 Å². The highest BCUT2D eigenvalue weighted by molar-refractivity contribution is 14.1. The van der Waals surface area contributed by atoms with Crippen molar-refractivity contribution >= 4 is 85.9 Å². The topological polar surface area (TPSA) is 184 Å². The summed E-state index contributed by atoms with van der Waals surface area (Å²) in [6, 6.07) is 17.5. The molecule has 1 fully saturated rings. The zero-order chi connectivity index (χ0) is 44.8. The van der Waals surface area contributed by atoms with Crippen molar-refractivity contribution in [2.24, 2.45) is 7.05 Å². The van der Waals surface area contributed by atoms with Crippen LogP contribution in [0.3, 0.4) is 0 Å². The number of aromatic nitrogens is 5. The maximum atomic E-state index is 13.8. The predicted molar refractivity (Wildman–Crippen MR) is 243 cm³/mol. The van der Waals surface area contributed by atoms with E-state index in [-0.39, 0.29) is 46.5 Å². The number of nitrogen functional groups attached to an aromatic ring is 2. The second-order valence-corrected chi connectivity index (χ2v) is 15.0. The number of fused-ring (bicyclic) bond motifs is 2. The quantitative estimate of drug-likeness (QED) is 0.0629. The molecule has 13 nitrogen and oxygen atoms in total. The maximum Gasteiger partial charge on any atom is 0.341 e. The van der Waals surface area contributed by atoms with Gasteiger partial charge < -0.3 is 30.8 Å². The minimum atomic E-state index is -2.63. The Morgan fingerprint density at radius 2 is 1.57 bits per heavy atom. The number of imidazole rings is 1. The second-order valence-electron chi connectivity index (χ2n) is 14.2. The lowest BCUT2D eigenvalue weighted by Gasteiger charge is -2.36. The van der Waals surface area contributed by atoms with Gasteiger partial charge in [0, 0.05) is 79.4 Å². The molecule has 322 valence electrons. The van der Waals surface area contributed by atoms with Crippen molar-refractivity contribution in [1.82, 2.24) is 29.2 Å². The third-order valence-electron chi connectivity index (χ3n) is 10.1. The van der Waals surface area contributed by atoms with E-state index in [1.807, 2.05) is 55.1 Å². The highest BCUT2D eigenvalue weighted by atomic mass is 127. The fourth-order valence-corrected chi connectivity index (χ4v) is 7.69. The third kappa shape index (κ3) is 10.4. The zero-order valence-corrected chi connectivity index (χ0v) is 37.7. The number of ether oxygens (including phenoxy) is 1. The van der Waals surface area contributed by atoms with Crippen LogP contribution < -0.4 is 11.5 Å². The summed E-state index contributed by atoms with van der Waals surface area (Å²) in [5.41, 5.74) is 17.8. The number of carboxylic acids is 1. The number of carbonyl (C=O) groups is 3. The molecule has 0 saturated heterocycles. The van der Waals surface area contributed by atoms with Gasteiger partial charge in [-0.15, -0.1) is 0 Å². The standard InChI is InChI=1S/C27H28F2N6O.C8H8ClNO2.C7H6ClNO2.CH3I/c1-4-23(36)34-8-9-35-22(15-34)25(32-26(35)17-11-27(28,29)12-17)19-6-5-7-21-20(19)10-16(2)24(31-21)18-13-30-33(3)14-18;1-12-8(11)7-5(9)3-2-4-6(7)10;8-4-2-1-3-5(9)6(4)7(10)11;1-2/h5-7,10,13-14,17H,4,8-9,11-12,15H2,1-3H3;2-4H,10H2,1H3;1-3H,9H2,(H,10,11);1H3. The molecule has 2 aliphatic rings. The summed E-state index contributed by atoms with van der Waals surface area (Å²) in [7, 11) is 3.16. The average Bonchev–Trinajstić information content (AvgIpc) is 3.83. The lowest BCUT2D eigenvalue weighted by Crippen LogP contribution is -2.40. The lowest BCUT2D eigenvalue weighted by molar-refractivity contribution is -0.132. The Bertz CT molecular complexity index is 2540. The number of alkyl halides is 3. The van der Waals surface area contributed by atoms with Gasteiger partial charge in [-0.3, -0.25) is 9.48 Å². The van der Waals surface area contributed by atoms with E-state index >= 15 is 0 Å². The monoisotopic (exact) mass is 988 g/mol. The molecule has 1 aliphatic carbocycles. The number of esters is 1. The summed E-state index contributed by atoms with van der Waals surface area (Å²) in [5.74, 6) is -3.72. The Morgan fingerprint density at radius 3 is 2.10 bits per heavy atom. The van der Waals surface area contributed by atoms with Crippen LogP contribution in [0.5, 0.6) is 0 Å². The Kier molecular flexibility index (Phi) is 15.3. The first kappa shape index (κ1) is 46.7. The summed E-state index contributed by atoms with van der Waals surface area (Å²) in [5, 5.41) is 14.3. The van der Waals surface area contributed by atoms with E-state index in [9.17, 15) is 23.2 Å². The van der Waals surface area contributed by atoms with Crippen molar-refractivity contribution in [3.05, 3.63) is 111 Å². The number of halogens is 5. The van der Waals surface area contributed by atoms with Gasteiger partial charge in [-0.05, 0) is 53.8 Å². The molecule has 61 heavy (non-hydrogen) atoms. The van der Waals surface area contributed by atoms with E-state index < -0.39 is 17.9 Å². The fourth-order valence-electron chi connectivity index (χ4n) is 7.17. The summed E-state index contributed by atoms with van der Waals surface area (Å²) in [6.45, 7) is 5.44. The predicted octanol–water partition coefficient (Wildman–Crippen LogP) is 9.45. The number of pyridine rings is 1. The Hall–Kier alpha value is -5.33. The van der Waals surface area contributed by atoms with Crippen LogP contribution in [0.15, 0.2) is 73.1 Å². The lowest BCUT2D eigenvalue weighted by atomic mass is 9.80. The minimum absolute atomic E-state index is 0.0332. The molecule has 1 amide bonds. The van der Waals surface area contributed by atoms with E-state index in [1.165, 1.54) is 19.2 Å². The Labute approximate surface area is 375 Å². The Morgan fingerprint density at radius 1 is 0.951 bits per heavy atom. The van der Waals surface area contributed by atoms with Gasteiger partial charge in [-0.1, -0.05) is 77.0 Å². The van der Waals surface area contributed by atoms with Crippen LogP contribution in [-0.4, -0.2) is 76.7 Å². The van der Waals surface area contributed by atoms with E-state index in [0.29, 0.717) is 42.6 Å². The number of aromatic carboxylic acids is 1. The SMILES string of the molecule is CCC(=O)N1CCn2c(C3CC(F)(F)C3)nc(-c3cccc4nc(-c5cnn(C)c5)c(C)cc34)c2C1.CI.COC(=O)c1c(N)cccc1Cl.Nc1cccc(Cl)c1C(=O)O. The molecule has 0 bridgehead atoms. The fraction of sp³-hybridized carbons (Fsp3) is 0.302. The van der Waals surface area contributed by atoms with E-state index in [2.05, 4.69) is 43.1 Å². The van der Waals surface area contributed by atoms with E-state index in [4.69, 9.17) is 49.7 Å². The molecular formula is C43H45Cl2F2IN8O5. The average molecular weight is 990 g/mol. The number of nitrogens with zero attached hydrogens (tertiary/aromatic N) is 6. The molecule has 3 aromatic heterocycles. The van der Waals surface area contributed by atoms with Crippen LogP contribution in [0.1, 0.15) is 69.9 Å². The van der Waals surface area contributed by atoms with Crippen LogP contribution >= 0.6 is 45.8 Å². The van der Waals surface area contributed by atoms with Crippen molar-refractivity contribution in [2.75, 3.05) is 30.1 Å². The summed E-state index contributed by atoms with van der Waals surface area (Å²) >= 11 is 13.4. The number of benzene rings is 3. The number of amides is 1. The summed E-state index contributed by atoms with van der Waals surface area (Å²) < 4.78 is 35.9. The van der Waals surface area contributed by atoms with Gasteiger partial charge in [-0.2, -0.15) is 5.10 Å². The van der Waals surface area contributed by atoms with Crippen molar-refractivity contribution in [3.8, 4) is 22.5 Å². The number of hydrogen-bond donors (Lipinski definition) is 3. The van der Waals surface area contributed by atoms with Crippen molar-refractivity contribution in [1.29, 1.82) is 0 Å². The Balaban J connectivity index is 0.000000230. The second kappa shape index (κ2) is 20.0. The van der Waals surface area contributed by atoms with Gasteiger partial charge >= 0.3 is 11.9 Å². The van der Waals surface area contributed by atoms with Crippen LogP contribution in [0.2, 0.25) is 10.0 Å². The normalized spacial score (nSPS) is 13.9. The first-order chi connectivity index (χ1) is 29.0.